The summed E-state index contributed by atoms with van der Waals surface area (Å²) in [6, 6.07) is 5.25. The van der Waals surface area contributed by atoms with Gasteiger partial charge < -0.3 is 10.6 Å². The number of nitrogens with one attached hydrogen (secondary N) is 2. The lowest BCUT2D eigenvalue weighted by molar-refractivity contribution is -0.137. The summed E-state index contributed by atoms with van der Waals surface area (Å²) < 4.78 is 65.3. The lowest BCUT2D eigenvalue weighted by Gasteiger charge is -2.25. The third-order valence-electron chi connectivity index (χ3n) is 5.06. The van der Waals surface area contributed by atoms with Gasteiger partial charge in [-0.1, -0.05) is 6.07 Å². The highest BCUT2D eigenvalue weighted by atomic mass is 32.2. The van der Waals surface area contributed by atoms with E-state index in [2.05, 4.69) is 25.7 Å². The molecule has 0 bridgehead atoms. The maximum Gasteiger partial charge on any atom is 0.421 e. The number of halogens is 3. The van der Waals surface area contributed by atoms with Crippen LogP contribution < -0.4 is 10.6 Å². The van der Waals surface area contributed by atoms with Crippen molar-refractivity contribution in [2.45, 2.75) is 44.4 Å². The van der Waals surface area contributed by atoms with E-state index in [1.165, 1.54) is 6.26 Å². The summed E-state index contributed by atoms with van der Waals surface area (Å²) in [5, 5.41) is 10.8. The molecule has 172 valence electrons. The topological polar surface area (TPSA) is 102 Å². The summed E-state index contributed by atoms with van der Waals surface area (Å²) in [6.45, 7) is 3.55. The zero-order valence-corrected chi connectivity index (χ0v) is 18.5. The summed E-state index contributed by atoms with van der Waals surface area (Å²) in [5.41, 5.74) is -0.503. The average molecular weight is 469 g/mol. The maximum atomic E-state index is 13.3. The van der Waals surface area contributed by atoms with Gasteiger partial charge in [0, 0.05) is 23.9 Å². The van der Waals surface area contributed by atoms with Crippen LogP contribution in [-0.4, -0.2) is 46.2 Å². The van der Waals surface area contributed by atoms with E-state index in [0.29, 0.717) is 16.6 Å². The molecule has 0 aliphatic heterocycles. The Balaban J connectivity index is 1.69. The van der Waals surface area contributed by atoms with Gasteiger partial charge in [0.1, 0.15) is 21.2 Å². The van der Waals surface area contributed by atoms with Crippen molar-refractivity contribution in [1.29, 1.82) is 0 Å². The molecule has 1 fully saturated rings. The molecule has 0 atom stereocenters. The highest BCUT2D eigenvalue weighted by molar-refractivity contribution is 7.90. The Morgan fingerprint density at radius 2 is 1.91 bits per heavy atom. The molecule has 32 heavy (non-hydrogen) atoms. The minimum atomic E-state index is -4.57. The van der Waals surface area contributed by atoms with Crippen LogP contribution >= 0.6 is 0 Å². The quantitative estimate of drug-likeness (QED) is 0.542. The molecule has 1 aromatic carbocycles. The molecule has 0 amide bonds. The predicted molar refractivity (Wildman–Crippen MR) is 116 cm³/mol. The zero-order chi connectivity index (χ0) is 23.3. The molecule has 3 aromatic rings. The second kappa shape index (κ2) is 7.61. The minimum Gasteiger partial charge on any atom is -0.367 e. The number of alkyl halides is 3. The molecule has 0 saturated heterocycles. The van der Waals surface area contributed by atoms with Crippen LogP contribution in [0.25, 0.3) is 10.9 Å². The van der Waals surface area contributed by atoms with E-state index >= 15 is 0 Å². The third-order valence-corrected chi connectivity index (χ3v) is 6.29. The van der Waals surface area contributed by atoms with E-state index in [4.69, 9.17) is 0 Å². The van der Waals surface area contributed by atoms with Gasteiger partial charge in [0.2, 0.25) is 5.95 Å². The van der Waals surface area contributed by atoms with Crippen molar-refractivity contribution < 1.29 is 21.6 Å². The number of aromatic nitrogens is 4. The van der Waals surface area contributed by atoms with Crippen molar-refractivity contribution in [2.75, 3.05) is 22.6 Å². The van der Waals surface area contributed by atoms with Crippen molar-refractivity contribution in [3.8, 4) is 0 Å². The highest BCUT2D eigenvalue weighted by Gasteiger charge is 2.37. The first kappa shape index (κ1) is 22.3. The summed E-state index contributed by atoms with van der Waals surface area (Å²) in [5.74, 6) is -0.349. The molecule has 8 nitrogen and oxygen atoms in total. The molecule has 2 aromatic heterocycles. The lowest BCUT2D eigenvalue weighted by atomic mass is 10.1. The van der Waals surface area contributed by atoms with E-state index in [1.54, 1.807) is 42.9 Å². The summed E-state index contributed by atoms with van der Waals surface area (Å²) in [4.78, 5) is 7.92. The van der Waals surface area contributed by atoms with Crippen LogP contribution in [0.2, 0.25) is 0 Å². The molecule has 1 saturated carbocycles. The standard InChI is InChI=1S/C20H23F3N6O2S/c1-19(2,11-32(3,30)31)29-16-6-4-5-15(13(16)9-25-29)27-18-24-10-14(20(21,22)23)17(28-18)26-12-7-8-12/h4-6,9-10,12H,7-8,11H2,1-3H3,(H2,24,26,27,28). The molecule has 1 aliphatic rings. The molecule has 4 rings (SSSR count). The molecule has 0 radical (unpaired) electrons. The fourth-order valence-corrected chi connectivity index (χ4v) is 5.05. The summed E-state index contributed by atoms with van der Waals surface area (Å²) >= 11 is 0. The van der Waals surface area contributed by atoms with Crippen LogP contribution in [0.15, 0.2) is 30.6 Å². The van der Waals surface area contributed by atoms with Gasteiger partial charge in [0.05, 0.1) is 28.7 Å². The predicted octanol–water partition coefficient (Wildman–Crippen LogP) is 3.94. The first-order chi connectivity index (χ1) is 14.8. The smallest absolute Gasteiger partial charge is 0.367 e. The third kappa shape index (κ3) is 4.79. The van der Waals surface area contributed by atoms with Crippen molar-refractivity contribution in [1.82, 2.24) is 19.7 Å². The molecule has 0 spiro atoms. The Bertz CT molecular complexity index is 1270. The van der Waals surface area contributed by atoms with Crippen LogP contribution in [-0.2, 0) is 21.6 Å². The van der Waals surface area contributed by atoms with Gasteiger partial charge in [0.15, 0.2) is 0 Å². The number of nitrogens with zero attached hydrogens (tertiary/aromatic N) is 4. The molecule has 2 N–H and O–H groups in total. The van der Waals surface area contributed by atoms with E-state index < -0.39 is 27.1 Å². The highest BCUT2D eigenvalue weighted by Crippen LogP contribution is 2.37. The lowest BCUT2D eigenvalue weighted by Crippen LogP contribution is -2.35. The van der Waals surface area contributed by atoms with Gasteiger partial charge >= 0.3 is 6.18 Å². The van der Waals surface area contributed by atoms with E-state index in [1.807, 2.05) is 0 Å². The minimum absolute atomic E-state index is 0.0109. The van der Waals surface area contributed by atoms with Crippen LogP contribution in [0.5, 0.6) is 0 Å². The van der Waals surface area contributed by atoms with E-state index in [-0.39, 0.29) is 23.6 Å². The molecular formula is C20H23F3N6O2S. The number of hydrogen-bond acceptors (Lipinski definition) is 7. The van der Waals surface area contributed by atoms with Crippen LogP contribution in [0.1, 0.15) is 32.3 Å². The van der Waals surface area contributed by atoms with E-state index in [0.717, 1.165) is 19.0 Å². The molecule has 2 heterocycles. The second-order valence-corrected chi connectivity index (χ2v) is 10.8. The van der Waals surface area contributed by atoms with Gasteiger partial charge in [-0.3, -0.25) is 4.68 Å². The Kier molecular flexibility index (Phi) is 5.30. The normalized spacial score (nSPS) is 15.2. The van der Waals surface area contributed by atoms with Gasteiger partial charge in [-0.25, -0.2) is 13.4 Å². The zero-order valence-electron chi connectivity index (χ0n) is 17.7. The molecule has 1 aliphatic carbocycles. The molecule has 0 unspecified atom stereocenters. The SMILES string of the molecule is CC(C)(CS(C)(=O)=O)n1ncc2c(Nc3ncc(C(F)(F)F)c(NC4CC4)n3)cccc21. The number of hydrogen-bond donors (Lipinski definition) is 2. The second-order valence-electron chi connectivity index (χ2n) is 8.67. The van der Waals surface area contributed by atoms with Gasteiger partial charge in [-0.15, -0.1) is 0 Å². The Morgan fingerprint density at radius 3 is 2.53 bits per heavy atom. The average Bonchev–Trinajstić information content (AvgIpc) is 3.33. The number of rotatable bonds is 7. The fraction of sp³-hybridized carbons (Fsp3) is 0.450. The first-order valence-electron chi connectivity index (χ1n) is 9.96. The summed E-state index contributed by atoms with van der Waals surface area (Å²) in [6.07, 6.45) is 0.538. The van der Waals surface area contributed by atoms with Gasteiger partial charge in [-0.05, 0) is 38.8 Å². The van der Waals surface area contributed by atoms with Crippen molar-refractivity contribution >= 4 is 38.2 Å². The monoisotopic (exact) mass is 468 g/mol. The van der Waals surface area contributed by atoms with E-state index in [9.17, 15) is 21.6 Å². The number of benzene rings is 1. The van der Waals surface area contributed by atoms with Crippen molar-refractivity contribution in [2.24, 2.45) is 0 Å². The Hall–Kier alpha value is -2.89. The Morgan fingerprint density at radius 1 is 1.19 bits per heavy atom. The van der Waals surface area contributed by atoms with Crippen molar-refractivity contribution in [3.05, 3.63) is 36.2 Å². The van der Waals surface area contributed by atoms with Crippen LogP contribution in [0.3, 0.4) is 0 Å². The largest absolute Gasteiger partial charge is 0.421 e. The van der Waals surface area contributed by atoms with Gasteiger partial charge in [-0.2, -0.15) is 23.3 Å². The van der Waals surface area contributed by atoms with Crippen LogP contribution in [0.4, 0.5) is 30.6 Å². The number of sulfone groups is 1. The fourth-order valence-electron chi connectivity index (χ4n) is 3.65. The van der Waals surface area contributed by atoms with Crippen LogP contribution in [0, 0.1) is 0 Å². The van der Waals surface area contributed by atoms with Gasteiger partial charge in [0.25, 0.3) is 0 Å². The first-order valence-corrected chi connectivity index (χ1v) is 12.0. The van der Waals surface area contributed by atoms with Crippen molar-refractivity contribution in [3.63, 3.8) is 0 Å². The molecular weight excluding hydrogens is 445 g/mol. The molecule has 12 heteroatoms. The Labute approximate surface area is 183 Å². The number of anilines is 3. The maximum absolute atomic E-state index is 13.3. The summed E-state index contributed by atoms with van der Waals surface area (Å²) in [7, 11) is -3.26. The number of fused-ring (bicyclic) bond motifs is 1.